The molecule has 0 unspecified atom stereocenters. The van der Waals surface area contributed by atoms with Gasteiger partial charge in [0.2, 0.25) is 5.95 Å². The molecule has 1 aromatic heterocycles. The molecule has 1 aliphatic rings. The second-order valence-corrected chi connectivity index (χ2v) is 3.59. The summed E-state index contributed by atoms with van der Waals surface area (Å²) in [7, 11) is 0. The molecule has 1 aliphatic heterocycles. The van der Waals surface area contributed by atoms with Gasteiger partial charge in [0.05, 0.1) is 5.69 Å². The Hall–Kier alpha value is -2.51. The third-order valence-electron chi connectivity index (χ3n) is 2.47. The zero-order valence-corrected chi connectivity index (χ0v) is 9.09. The summed E-state index contributed by atoms with van der Waals surface area (Å²) >= 11 is 0. The van der Waals surface area contributed by atoms with Crippen LogP contribution >= 0.6 is 0 Å². The molecule has 2 heterocycles. The molecule has 0 saturated heterocycles. The normalized spacial score (nSPS) is 14.6. The van der Waals surface area contributed by atoms with Gasteiger partial charge in [0, 0.05) is 6.07 Å². The fourth-order valence-electron chi connectivity index (χ4n) is 1.68. The average molecular weight is 250 g/mol. The van der Waals surface area contributed by atoms with Crippen molar-refractivity contribution in [1.82, 2.24) is 15.2 Å². The van der Waals surface area contributed by atoms with Gasteiger partial charge in [-0.3, -0.25) is 5.01 Å². The molecule has 0 bridgehead atoms. The van der Waals surface area contributed by atoms with Gasteiger partial charge in [0.15, 0.2) is 5.82 Å². The molecule has 0 radical (unpaired) electrons. The van der Waals surface area contributed by atoms with Gasteiger partial charge in [0.1, 0.15) is 25.2 Å². The van der Waals surface area contributed by atoms with E-state index in [1.54, 1.807) is 0 Å². The van der Waals surface area contributed by atoms with Crippen LogP contribution in [0.2, 0.25) is 0 Å². The van der Waals surface area contributed by atoms with Crippen LogP contribution in [0.15, 0.2) is 29.5 Å². The summed E-state index contributed by atoms with van der Waals surface area (Å²) in [6.07, 6.45) is 2.82. The fraction of sp³-hybridized carbons (Fsp3) is 0.100. The van der Waals surface area contributed by atoms with Gasteiger partial charge >= 0.3 is 0 Å². The third-order valence-corrected chi connectivity index (χ3v) is 2.47. The van der Waals surface area contributed by atoms with Crippen LogP contribution in [0.4, 0.5) is 20.4 Å². The van der Waals surface area contributed by atoms with Crippen molar-refractivity contribution in [3.63, 3.8) is 0 Å². The number of benzene rings is 1. The van der Waals surface area contributed by atoms with Crippen LogP contribution in [-0.2, 0) is 0 Å². The van der Waals surface area contributed by atoms with E-state index in [0.717, 1.165) is 6.07 Å². The van der Waals surface area contributed by atoms with Crippen LogP contribution < -0.4 is 10.0 Å². The summed E-state index contributed by atoms with van der Waals surface area (Å²) in [6, 6.07) is 3.37. The first-order chi connectivity index (χ1) is 8.75. The lowest BCUT2D eigenvalue weighted by atomic mass is 10.3. The molecule has 0 amide bonds. The van der Waals surface area contributed by atoms with E-state index in [1.807, 2.05) is 0 Å². The lowest BCUT2D eigenvalue weighted by Gasteiger charge is -2.26. The summed E-state index contributed by atoms with van der Waals surface area (Å²) in [5.41, 5.74) is 0.213. The number of aromatic amines is 1. The van der Waals surface area contributed by atoms with Crippen molar-refractivity contribution in [3.8, 4) is 0 Å². The molecule has 2 aromatic rings. The number of hydrogen-bond acceptors (Lipinski definition) is 5. The first kappa shape index (κ1) is 10.6. The number of anilines is 2. The van der Waals surface area contributed by atoms with Crippen LogP contribution in [-0.4, -0.2) is 28.2 Å². The van der Waals surface area contributed by atoms with Crippen molar-refractivity contribution in [2.45, 2.75) is 0 Å². The van der Waals surface area contributed by atoms with E-state index < -0.39 is 11.6 Å². The van der Waals surface area contributed by atoms with Crippen LogP contribution in [0, 0.1) is 11.6 Å². The number of hydrazine groups is 1. The number of hydrogen-bond donors (Lipinski definition) is 1. The first-order valence-corrected chi connectivity index (χ1v) is 5.13. The molecule has 92 valence electrons. The van der Waals surface area contributed by atoms with Gasteiger partial charge < -0.3 is 0 Å². The highest BCUT2D eigenvalue weighted by atomic mass is 19.1. The zero-order chi connectivity index (χ0) is 12.5. The minimum absolute atomic E-state index is 0.213. The molecular weight excluding hydrogens is 242 g/mol. The predicted octanol–water partition coefficient (Wildman–Crippen LogP) is 1.31. The van der Waals surface area contributed by atoms with E-state index in [-0.39, 0.29) is 12.4 Å². The molecule has 6 nitrogen and oxygen atoms in total. The van der Waals surface area contributed by atoms with Crippen LogP contribution in [0.1, 0.15) is 0 Å². The van der Waals surface area contributed by atoms with Gasteiger partial charge in [-0.15, -0.1) is 0 Å². The highest BCUT2D eigenvalue weighted by Gasteiger charge is 2.24. The molecule has 1 aromatic carbocycles. The van der Waals surface area contributed by atoms with Crippen LogP contribution in [0.25, 0.3) is 0 Å². The zero-order valence-electron chi connectivity index (χ0n) is 9.09. The SMILES string of the molecule is Fc1ccc(N2CN=CN2c2ncn[nH]2)c(F)c1. The number of rotatable bonds is 2. The summed E-state index contributed by atoms with van der Waals surface area (Å²) in [5, 5.41) is 9.37. The van der Waals surface area contributed by atoms with Gasteiger partial charge in [-0.05, 0) is 12.1 Å². The lowest BCUT2D eigenvalue weighted by Crippen LogP contribution is -2.38. The second kappa shape index (κ2) is 4.06. The van der Waals surface area contributed by atoms with Gasteiger partial charge in [-0.1, -0.05) is 0 Å². The van der Waals surface area contributed by atoms with Crippen molar-refractivity contribution in [1.29, 1.82) is 0 Å². The highest BCUT2D eigenvalue weighted by Crippen LogP contribution is 2.25. The topological polar surface area (TPSA) is 60.4 Å². The fourth-order valence-corrected chi connectivity index (χ4v) is 1.68. The Bertz CT molecular complexity index is 582. The van der Waals surface area contributed by atoms with Gasteiger partial charge in [-0.2, -0.15) is 10.1 Å². The Morgan fingerprint density at radius 3 is 2.89 bits per heavy atom. The Balaban J connectivity index is 1.97. The Labute approximate surface area is 101 Å². The maximum atomic E-state index is 13.7. The van der Waals surface area contributed by atoms with Crippen LogP contribution in [0.3, 0.4) is 0 Å². The average Bonchev–Trinajstić information content (AvgIpc) is 2.98. The molecule has 0 spiro atoms. The maximum Gasteiger partial charge on any atom is 0.246 e. The van der Waals surface area contributed by atoms with Crippen molar-refractivity contribution >= 4 is 18.0 Å². The van der Waals surface area contributed by atoms with E-state index in [1.165, 1.54) is 34.8 Å². The third kappa shape index (κ3) is 1.67. The lowest BCUT2D eigenvalue weighted by molar-refractivity contribution is 0.580. The highest BCUT2D eigenvalue weighted by molar-refractivity contribution is 5.83. The van der Waals surface area contributed by atoms with E-state index in [0.29, 0.717) is 5.95 Å². The molecule has 3 rings (SSSR count). The summed E-state index contributed by atoms with van der Waals surface area (Å²) in [6.45, 7) is 0.225. The summed E-state index contributed by atoms with van der Waals surface area (Å²) in [4.78, 5) is 7.97. The minimum Gasteiger partial charge on any atom is -0.253 e. The largest absolute Gasteiger partial charge is 0.253 e. The Morgan fingerprint density at radius 2 is 2.17 bits per heavy atom. The standard InChI is InChI=1S/C10H8F2N6/c11-7-1-2-9(8(12)3-7)17-5-13-6-18(17)10-14-4-15-16-10/h1-4,6H,5H2,(H,14,15,16). The molecule has 18 heavy (non-hydrogen) atoms. The second-order valence-electron chi connectivity index (χ2n) is 3.59. The number of aliphatic imine (C=N–C) groups is 1. The van der Waals surface area contributed by atoms with E-state index in [2.05, 4.69) is 20.2 Å². The molecular formula is C10H8F2N6. The van der Waals surface area contributed by atoms with Crippen molar-refractivity contribution in [2.75, 3.05) is 16.7 Å². The van der Waals surface area contributed by atoms with Crippen molar-refractivity contribution in [3.05, 3.63) is 36.2 Å². The molecule has 0 atom stereocenters. The number of nitrogens with zero attached hydrogens (tertiary/aromatic N) is 5. The first-order valence-electron chi connectivity index (χ1n) is 5.13. The number of halogens is 2. The quantitative estimate of drug-likeness (QED) is 0.873. The van der Waals surface area contributed by atoms with Crippen molar-refractivity contribution in [2.24, 2.45) is 4.99 Å². The number of H-pyrrole nitrogens is 1. The molecule has 1 N–H and O–H groups in total. The molecule has 0 fully saturated rings. The van der Waals surface area contributed by atoms with E-state index in [9.17, 15) is 8.78 Å². The minimum atomic E-state index is -0.662. The summed E-state index contributed by atoms with van der Waals surface area (Å²) < 4.78 is 26.6. The monoisotopic (exact) mass is 250 g/mol. The van der Waals surface area contributed by atoms with Gasteiger partial charge in [-0.25, -0.2) is 23.9 Å². The summed E-state index contributed by atoms with van der Waals surface area (Å²) in [5.74, 6) is -0.882. The Morgan fingerprint density at radius 1 is 1.28 bits per heavy atom. The molecule has 8 heteroatoms. The van der Waals surface area contributed by atoms with Crippen LogP contribution in [0.5, 0.6) is 0 Å². The van der Waals surface area contributed by atoms with Crippen molar-refractivity contribution < 1.29 is 8.78 Å². The number of nitrogens with one attached hydrogen (secondary N) is 1. The van der Waals surface area contributed by atoms with E-state index in [4.69, 9.17) is 0 Å². The smallest absolute Gasteiger partial charge is 0.246 e. The Kier molecular flexibility index (Phi) is 2.40. The number of aromatic nitrogens is 3. The molecule has 0 saturated carbocycles. The maximum absolute atomic E-state index is 13.7. The van der Waals surface area contributed by atoms with E-state index >= 15 is 0 Å². The van der Waals surface area contributed by atoms with Gasteiger partial charge in [0.25, 0.3) is 0 Å². The predicted molar refractivity (Wildman–Crippen MR) is 61.1 cm³/mol. The molecule has 0 aliphatic carbocycles.